The Morgan fingerprint density at radius 2 is 1.55 bits per heavy atom. The van der Waals surface area contributed by atoms with E-state index in [1.165, 1.54) is 25.1 Å². The van der Waals surface area contributed by atoms with E-state index in [0.29, 0.717) is 0 Å². The number of aryl methyl sites for hydroxylation is 1. The molecule has 5 atom stereocenters. The van der Waals surface area contributed by atoms with E-state index >= 15 is 0 Å². The monoisotopic (exact) mass is 680 g/mol. The summed E-state index contributed by atoms with van der Waals surface area (Å²) in [6, 6.07) is 3.88. The van der Waals surface area contributed by atoms with Gasteiger partial charge in [0, 0.05) is 30.9 Å². The van der Waals surface area contributed by atoms with E-state index in [2.05, 4.69) is 0 Å². The minimum atomic E-state index is -2.54. The van der Waals surface area contributed by atoms with E-state index in [1.807, 2.05) is 0 Å². The topological polar surface area (TPSA) is 244 Å². The van der Waals surface area contributed by atoms with Crippen LogP contribution in [0.15, 0.2) is 29.3 Å². The minimum absolute atomic E-state index is 0.0605. The van der Waals surface area contributed by atoms with Gasteiger partial charge in [0.05, 0.1) is 37.0 Å². The molecule has 258 valence electrons. The van der Waals surface area contributed by atoms with Gasteiger partial charge in [0.2, 0.25) is 0 Å². The second-order valence-corrected chi connectivity index (χ2v) is 12.4. The molecule has 1 heterocycles. The molecule has 0 bridgehead atoms. The van der Waals surface area contributed by atoms with Crippen molar-refractivity contribution < 1.29 is 73.6 Å². The lowest BCUT2D eigenvalue weighted by molar-refractivity contribution is -0.179. The Balaban J connectivity index is 1.64. The molecule has 4 aliphatic rings. The first-order valence-corrected chi connectivity index (χ1v) is 15.1. The summed E-state index contributed by atoms with van der Waals surface area (Å²) in [5.41, 5.74) is -6.60. The number of aliphatic hydroxyl groups excluding tert-OH is 4. The number of ether oxygens (including phenoxy) is 4. The average molecular weight is 681 g/mol. The van der Waals surface area contributed by atoms with Gasteiger partial charge in [0.15, 0.2) is 17.7 Å². The lowest BCUT2D eigenvalue weighted by Crippen LogP contribution is -2.62. The highest BCUT2D eigenvalue weighted by molar-refractivity contribution is 6.14. The molecule has 49 heavy (non-hydrogen) atoms. The Hall–Kier alpha value is -5.41. The molecular formula is C34H32O15. The van der Waals surface area contributed by atoms with Crippen molar-refractivity contribution in [1.82, 2.24) is 0 Å². The molecule has 6 N–H and O–H groups in total. The first kappa shape index (κ1) is 33.5. The number of carbonyl (C=O) groups is 5. The smallest absolute Gasteiger partial charge is 0.359 e. The fraction of sp³-hybridized carbons (Fsp3) is 0.382. The molecule has 0 aromatic heterocycles. The Kier molecular flexibility index (Phi) is 7.75. The standard InChI is InChI=1S/C34H32O15/c1-12-9-17(37)23-28(42)25-16(36)7-8-20(48-13(2)35)34(25,32(45)47-4)49-29(23)21(12)15-6-5-14-11-33(31(44)46-3)24(27(41)22(14)26(15)40)18(38)10-19(39)30(33)43/h5-6,9,19-20,30,37,39-43H,7-8,10-11H2,1-4H3. The number of fused-ring (bicyclic) bond motifs is 4. The van der Waals surface area contributed by atoms with Crippen molar-refractivity contribution in [2.45, 2.75) is 63.4 Å². The first-order valence-electron chi connectivity index (χ1n) is 15.1. The number of carbonyl (C=O) groups excluding carboxylic acids is 5. The van der Waals surface area contributed by atoms with E-state index in [1.54, 1.807) is 0 Å². The van der Waals surface area contributed by atoms with Crippen LogP contribution in [0.4, 0.5) is 0 Å². The van der Waals surface area contributed by atoms with Crippen molar-refractivity contribution in [3.8, 4) is 28.4 Å². The predicted molar refractivity (Wildman–Crippen MR) is 164 cm³/mol. The van der Waals surface area contributed by atoms with E-state index in [0.717, 1.165) is 21.1 Å². The fourth-order valence-corrected chi connectivity index (χ4v) is 7.69. The maximum atomic E-state index is 13.6. The molecule has 5 unspecified atom stereocenters. The number of aliphatic hydroxyl groups is 4. The number of hydrogen-bond acceptors (Lipinski definition) is 15. The molecule has 3 aliphatic carbocycles. The zero-order valence-corrected chi connectivity index (χ0v) is 26.7. The molecule has 1 aliphatic heterocycles. The summed E-state index contributed by atoms with van der Waals surface area (Å²) in [6.45, 7) is 2.55. The van der Waals surface area contributed by atoms with E-state index in [9.17, 15) is 54.6 Å². The lowest BCUT2D eigenvalue weighted by atomic mass is 9.60. The number of phenols is 2. The summed E-state index contributed by atoms with van der Waals surface area (Å²) in [4.78, 5) is 65.4. The van der Waals surface area contributed by atoms with Gasteiger partial charge in [-0.3, -0.25) is 19.2 Å². The zero-order valence-electron chi connectivity index (χ0n) is 26.7. The number of ketones is 2. The van der Waals surface area contributed by atoms with Gasteiger partial charge in [-0.2, -0.15) is 0 Å². The van der Waals surface area contributed by atoms with Gasteiger partial charge in [-0.25, -0.2) is 4.79 Å². The normalized spacial score (nSPS) is 27.3. The van der Waals surface area contributed by atoms with Gasteiger partial charge >= 0.3 is 17.9 Å². The molecule has 15 nitrogen and oxygen atoms in total. The third kappa shape index (κ3) is 4.38. The first-order chi connectivity index (χ1) is 23.1. The highest BCUT2D eigenvalue weighted by Crippen LogP contribution is 2.57. The van der Waals surface area contributed by atoms with Gasteiger partial charge in [-0.1, -0.05) is 12.1 Å². The van der Waals surface area contributed by atoms with Gasteiger partial charge in [0.1, 0.15) is 45.8 Å². The van der Waals surface area contributed by atoms with Gasteiger partial charge in [-0.15, -0.1) is 0 Å². The highest BCUT2D eigenvalue weighted by Gasteiger charge is 2.64. The van der Waals surface area contributed by atoms with Gasteiger partial charge < -0.3 is 49.6 Å². The SMILES string of the molecule is COC(=O)C12Cc3ccc(-c4c(C)cc(O)c5c4OC4(C(=O)OC)C(=C5O)C(=O)CCC4OC(C)=O)c(O)c3C(O)=C1C(=O)CC(O)C2O. The molecule has 15 heteroatoms. The number of aromatic hydroxyl groups is 2. The Morgan fingerprint density at radius 1 is 0.898 bits per heavy atom. The molecule has 0 saturated heterocycles. The fourth-order valence-electron chi connectivity index (χ4n) is 7.69. The molecular weight excluding hydrogens is 648 g/mol. The van der Waals surface area contributed by atoms with Gasteiger partial charge in [-0.05, 0) is 37.0 Å². The Bertz CT molecular complexity index is 1950. The van der Waals surface area contributed by atoms with Crippen molar-refractivity contribution in [1.29, 1.82) is 0 Å². The zero-order chi connectivity index (χ0) is 35.9. The number of Topliss-reactive ketones (excluding diaryl/α,β-unsaturated/α-hetero) is 2. The van der Waals surface area contributed by atoms with E-state index < -0.39 is 117 Å². The largest absolute Gasteiger partial charge is 0.507 e. The summed E-state index contributed by atoms with van der Waals surface area (Å²) in [6.07, 6.45) is -6.56. The van der Waals surface area contributed by atoms with Crippen LogP contribution in [-0.4, -0.2) is 98.2 Å². The number of esters is 3. The van der Waals surface area contributed by atoms with Crippen molar-refractivity contribution in [2.75, 3.05) is 14.2 Å². The summed E-state index contributed by atoms with van der Waals surface area (Å²) < 4.78 is 21.6. The number of methoxy groups -OCH3 is 2. The van der Waals surface area contributed by atoms with Crippen LogP contribution in [0.3, 0.4) is 0 Å². The Labute approximate surface area is 277 Å². The van der Waals surface area contributed by atoms with Crippen LogP contribution < -0.4 is 4.74 Å². The summed E-state index contributed by atoms with van der Waals surface area (Å²) in [7, 11) is 2.00. The number of hydrogen-bond donors (Lipinski definition) is 6. The maximum Gasteiger partial charge on any atom is 0.359 e. The van der Waals surface area contributed by atoms with Crippen LogP contribution >= 0.6 is 0 Å². The van der Waals surface area contributed by atoms with E-state index in [-0.39, 0.29) is 40.7 Å². The van der Waals surface area contributed by atoms with Crippen LogP contribution in [0, 0.1) is 12.3 Å². The number of benzene rings is 2. The van der Waals surface area contributed by atoms with Crippen LogP contribution in [-0.2, 0) is 44.6 Å². The van der Waals surface area contributed by atoms with Crippen molar-refractivity contribution >= 4 is 41.0 Å². The predicted octanol–water partition coefficient (Wildman–Crippen LogP) is 1.62. The highest BCUT2D eigenvalue weighted by atomic mass is 16.6. The van der Waals surface area contributed by atoms with Crippen LogP contribution in [0.2, 0.25) is 0 Å². The van der Waals surface area contributed by atoms with Crippen molar-refractivity contribution in [2.24, 2.45) is 5.41 Å². The van der Waals surface area contributed by atoms with Gasteiger partial charge in [0.25, 0.3) is 5.60 Å². The van der Waals surface area contributed by atoms with E-state index in [4.69, 9.17) is 18.9 Å². The molecule has 2 saturated carbocycles. The summed E-state index contributed by atoms with van der Waals surface area (Å²) in [5.74, 6) is -8.17. The minimum Gasteiger partial charge on any atom is -0.507 e. The molecule has 6 rings (SSSR count). The molecule has 2 fully saturated rings. The van der Waals surface area contributed by atoms with Crippen molar-refractivity contribution in [3.63, 3.8) is 0 Å². The molecule has 2 aromatic carbocycles. The second-order valence-electron chi connectivity index (χ2n) is 12.4. The quantitative estimate of drug-likeness (QED) is 0.198. The van der Waals surface area contributed by atoms with Crippen LogP contribution in [0.5, 0.6) is 17.2 Å². The maximum absolute atomic E-state index is 13.6. The third-order valence-electron chi connectivity index (χ3n) is 9.74. The Morgan fingerprint density at radius 3 is 2.18 bits per heavy atom. The molecule has 0 spiro atoms. The number of rotatable bonds is 4. The second kappa shape index (κ2) is 11.3. The summed E-state index contributed by atoms with van der Waals surface area (Å²) >= 11 is 0. The average Bonchev–Trinajstić information content (AvgIpc) is 3.04. The number of phenolic OH excluding ortho intramolecular Hbond substituents is 2. The van der Waals surface area contributed by atoms with Crippen LogP contribution in [0.25, 0.3) is 22.6 Å². The van der Waals surface area contributed by atoms with Crippen LogP contribution in [0.1, 0.15) is 48.4 Å². The molecule has 2 aromatic rings. The molecule has 0 radical (unpaired) electrons. The summed E-state index contributed by atoms with van der Waals surface area (Å²) in [5, 5.41) is 67.5. The third-order valence-corrected chi connectivity index (χ3v) is 9.74. The van der Waals surface area contributed by atoms with Crippen molar-refractivity contribution in [3.05, 3.63) is 51.6 Å². The lowest BCUT2D eigenvalue weighted by Gasteiger charge is -2.45. The molecule has 0 amide bonds.